The number of nitrogens with one attached hydrogen (secondary N) is 1. The Bertz CT molecular complexity index is 1330. The first-order valence-electron chi connectivity index (χ1n) is 12.9. The van der Waals surface area contributed by atoms with Crippen molar-refractivity contribution in [3.63, 3.8) is 0 Å². The SMILES string of the molecule is COc1ccccc1-n1c(Cc2ccccc2)nnc1SCc1nc(C(=O)NCCN2CCCCC2)cs1. The third-order valence-corrected chi connectivity index (χ3v) is 8.47. The molecule has 0 radical (unpaired) electrons. The highest BCUT2D eigenvalue weighted by atomic mass is 32.2. The number of hydrogen-bond donors (Lipinski definition) is 1. The van der Waals surface area contributed by atoms with Crippen LogP contribution in [0, 0.1) is 0 Å². The summed E-state index contributed by atoms with van der Waals surface area (Å²) in [5.41, 5.74) is 2.52. The Balaban J connectivity index is 1.26. The highest BCUT2D eigenvalue weighted by Crippen LogP contribution is 2.31. The van der Waals surface area contributed by atoms with Crippen molar-refractivity contribution in [2.75, 3.05) is 33.3 Å². The normalized spacial score (nSPS) is 13.9. The molecule has 10 heteroatoms. The minimum Gasteiger partial charge on any atom is -0.495 e. The molecule has 0 atom stereocenters. The molecule has 1 aliphatic rings. The summed E-state index contributed by atoms with van der Waals surface area (Å²) in [4.78, 5) is 19.6. The van der Waals surface area contributed by atoms with E-state index >= 15 is 0 Å². The molecule has 0 aliphatic carbocycles. The number of amides is 1. The van der Waals surface area contributed by atoms with Gasteiger partial charge in [-0.1, -0.05) is 60.6 Å². The second-order valence-corrected chi connectivity index (χ2v) is 11.0. The van der Waals surface area contributed by atoms with Crippen LogP contribution in [0.5, 0.6) is 5.75 Å². The van der Waals surface area contributed by atoms with E-state index in [9.17, 15) is 4.79 Å². The number of thiazole rings is 1. The summed E-state index contributed by atoms with van der Waals surface area (Å²) in [6.07, 6.45) is 4.46. The van der Waals surface area contributed by atoms with Crippen LogP contribution in [0.4, 0.5) is 0 Å². The smallest absolute Gasteiger partial charge is 0.270 e. The fourth-order valence-corrected chi connectivity index (χ4v) is 6.31. The zero-order valence-corrected chi connectivity index (χ0v) is 23.1. The average Bonchev–Trinajstić information content (AvgIpc) is 3.60. The van der Waals surface area contributed by atoms with Crippen molar-refractivity contribution in [2.24, 2.45) is 0 Å². The largest absolute Gasteiger partial charge is 0.495 e. The van der Waals surface area contributed by atoms with E-state index in [0.29, 0.717) is 24.4 Å². The molecule has 0 spiro atoms. The van der Waals surface area contributed by atoms with Gasteiger partial charge in [-0.2, -0.15) is 0 Å². The van der Waals surface area contributed by atoms with Crippen LogP contribution in [0.15, 0.2) is 65.1 Å². The lowest BCUT2D eigenvalue weighted by Crippen LogP contribution is -2.37. The Hall–Kier alpha value is -3.21. The maximum atomic E-state index is 12.6. The molecule has 1 fully saturated rings. The van der Waals surface area contributed by atoms with Gasteiger partial charge in [0.1, 0.15) is 22.3 Å². The number of hydrogen-bond acceptors (Lipinski definition) is 8. The molecule has 1 amide bonds. The highest BCUT2D eigenvalue weighted by Gasteiger charge is 2.19. The van der Waals surface area contributed by atoms with Crippen molar-refractivity contribution < 1.29 is 9.53 Å². The number of aromatic nitrogens is 4. The number of piperidine rings is 1. The minimum absolute atomic E-state index is 0.114. The summed E-state index contributed by atoms with van der Waals surface area (Å²) >= 11 is 3.04. The minimum atomic E-state index is -0.114. The predicted molar refractivity (Wildman–Crippen MR) is 151 cm³/mol. The van der Waals surface area contributed by atoms with Gasteiger partial charge >= 0.3 is 0 Å². The molecule has 0 saturated carbocycles. The van der Waals surface area contributed by atoms with Crippen LogP contribution in [0.25, 0.3) is 5.69 Å². The van der Waals surface area contributed by atoms with Gasteiger partial charge in [0.05, 0.1) is 18.6 Å². The number of para-hydroxylation sites is 2. The maximum Gasteiger partial charge on any atom is 0.270 e. The lowest BCUT2D eigenvalue weighted by molar-refractivity contribution is 0.0942. The van der Waals surface area contributed by atoms with Crippen LogP contribution < -0.4 is 10.1 Å². The number of methoxy groups -OCH3 is 1. The Kier molecular flexibility index (Phi) is 9.06. The van der Waals surface area contributed by atoms with E-state index in [1.165, 1.54) is 30.6 Å². The van der Waals surface area contributed by atoms with Gasteiger partial charge in [0, 0.05) is 24.9 Å². The monoisotopic (exact) mass is 548 g/mol. The van der Waals surface area contributed by atoms with E-state index in [1.54, 1.807) is 18.9 Å². The number of likely N-dealkylation sites (tertiary alicyclic amines) is 1. The van der Waals surface area contributed by atoms with Crippen LogP contribution in [0.2, 0.25) is 0 Å². The molecule has 38 heavy (non-hydrogen) atoms. The summed E-state index contributed by atoms with van der Waals surface area (Å²) in [7, 11) is 1.67. The number of carbonyl (C=O) groups excluding carboxylic acids is 1. The van der Waals surface area contributed by atoms with Gasteiger partial charge in [0.25, 0.3) is 5.91 Å². The van der Waals surface area contributed by atoms with E-state index in [2.05, 4.69) is 42.1 Å². The first-order valence-corrected chi connectivity index (χ1v) is 14.8. The molecule has 198 valence electrons. The summed E-state index contributed by atoms with van der Waals surface area (Å²) < 4.78 is 7.70. The van der Waals surface area contributed by atoms with Crippen molar-refractivity contribution >= 4 is 29.0 Å². The number of carbonyl (C=O) groups is 1. The quantitative estimate of drug-likeness (QED) is 0.269. The van der Waals surface area contributed by atoms with E-state index in [1.807, 2.05) is 47.8 Å². The van der Waals surface area contributed by atoms with E-state index in [4.69, 9.17) is 4.74 Å². The number of ether oxygens (including phenoxy) is 1. The van der Waals surface area contributed by atoms with Crippen molar-refractivity contribution in [3.8, 4) is 11.4 Å². The molecule has 0 unspecified atom stereocenters. The highest BCUT2D eigenvalue weighted by molar-refractivity contribution is 7.98. The molecule has 5 rings (SSSR count). The first kappa shape index (κ1) is 26.4. The van der Waals surface area contributed by atoms with Crippen molar-refractivity contribution in [1.29, 1.82) is 0 Å². The first-order chi connectivity index (χ1) is 18.7. The van der Waals surface area contributed by atoms with Crippen LogP contribution in [-0.2, 0) is 12.2 Å². The van der Waals surface area contributed by atoms with Crippen LogP contribution in [0.3, 0.4) is 0 Å². The third kappa shape index (κ3) is 6.61. The second-order valence-electron chi connectivity index (χ2n) is 9.14. The lowest BCUT2D eigenvalue weighted by Gasteiger charge is -2.26. The van der Waals surface area contributed by atoms with Gasteiger partial charge in [0.15, 0.2) is 5.16 Å². The van der Waals surface area contributed by atoms with Crippen molar-refractivity contribution in [2.45, 2.75) is 36.6 Å². The molecule has 4 aromatic rings. The summed E-state index contributed by atoms with van der Waals surface area (Å²) in [6.45, 7) is 3.79. The number of nitrogens with zero attached hydrogens (tertiary/aromatic N) is 5. The molecule has 8 nitrogen and oxygen atoms in total. The van der Waals surface area contributed by atoms with Crippen LogP contribution in [-0.4, -0.2) is 63.8 Å². The molecular formula is C28H32N6O2S2. The average molecular weight is 549 g/mol. The van der Waals surface area contributed by atoms with E-state index in [0.717, 1.165) is 52.6 Å². The van der Waals surface area contributed by atoms with Crippen LogP contribution >= 0.6 is 23.1 Å². The molecular weight excluding hydrogens is 516 g/mol. The van der Waals surface area contributed by atoms with Gasteiger partial charge in [0.2, 0.25) is 0 Å². The van der Waals surface area contributed by atoms with Gasteiger partial charge < -0.3 is 15.0 Å². The fraction of sp³-hybridized carbons (Fsp3) is 0.357. The van der Waals surface area contributed by atoms with Gasteiger partial charge in [-0.05, 0) is 43.6 Å². The zero-order valence-electron chi connectivity index (χ0n) is 21.5. The molecule has 0 bridgehead atoms. The fourth-order valence-electron chi connectivity index (χ4n) is 4.55. The predicted octanol–water partition coefficient (Wildman–Crippen LogP) is 4.83. The third-order valence-electron chi connectivity index (χ3n) is 6.50. The van der Waals surface area contributed by atoms with Gasteiger partial charge in [-0.15, -0.1) is 21.5 Å². The molecule has 1 aliphatic heterocycles. The Morgan fingerprint density at radius 3 is 2.66 bits per heavy atom. The second kappa shape index (κ2) is 13.0. The van der Waals surface area contributed by atoms with Crippen molar-refractivity contribution in [3.05, 3.63) is 82.1 Å². The van der Waals surface area contributed by atoms with Crippen LogP contribution in [0.1, 0.15) is 46.1 Å². The topological polar surface area (TPSA) is 85.2 Å². The summed E-state index contributed by atoms with van der Waals surface area (Å²) in [5, 5.41) is 15.5. The zero-order chi connectivity index (χ0) is 26.2. The lowest BCUT2D eigenvalue weighted by atomic mass is 10.1. The molecule has 2 aromatic heterocycles. The summed E-state index contributed by atoms with van der Waals surface area (Å²) in [6, 6.07) is 18.1. The molecule has 2 aromatic carbocycles. The van der Waals surface area contributed by atoms with Crippen molar-refractivity contribution in [1.82, 2.24) is 30.0 Å². The Morgan fingerprint density at radius 2 is 1.84 bits per heavy atom. The molecule has 1 N–H and O–H groups in total. The van der Waals surface area contributed by atoms with E-state index < -0.39 is 0 Å². The molecule has 3 heterocycles. The standard InChI is InChI=1S/C28H32N6O2S2/c1-36-24-13-7-6-12-23(24)34-25(18-21-10-4-2-5-11-21)31-32-28(34)38-20-26-30-22(19-37-26)27(35)29-14-17-33-15-8-3-9-16-33/h2,4-7,10-13,19H,3,8-9,14-18,20H2,1H3,(H,29,35). The number of benzene rings is 2. The van der Waals surface area contributed by atoms with E-state index in [-0.39, 0.29) is 5.91 Å². The number of thioether (sulfide) groups is 1. The van der Waals surface area contributed by atoms with Gasteiger partial charge in [-0.25, -0.2) is 4.98 Å². The Labute approximate surface area is 231 Å². The maximum absolute atomic E-state index is 12.6. The number of rotatable bonds is 11. The van der Waals surface area contributed by atoms with Gasteiger partial charge in [-0.3, -0.25) is 9.36 Å². The molecule has 1 saturated heterocycles. The Morgan fingerprint density at radius 1 is 1.05 bits per heavy atom. The summed E-state index contributed by atoms with van der Waals surface area (Å²) in [5.74, 6) is 2.05.